The second-order valence-electron chi connectivity index (χ2n) is 9.49. The number of nitrogens with one attached hydrogen (secondary N) is 1. The Balaban J connectivity index is 1.11. The van der Waals surface area contributed by atoms with Crippen LogP contribution in [0.5, 0.6) is 0 Å². The van der Waals surface area contributed by atoms with Gasteiger partial charge in [0.2, 0.25) is 0 Å². The number of nitrogens with zero attached hydrogens (tertiary/aromatic N) is 7. The van der Waals surface area contributed by atoms with Crippen LogP contribution in [-0.2, 0) is 39.4 Å². The second kappa shape index (κ2) is 11.6. The van der Waals surface area contributed by atoms with Gasteiger partial charge in [0.1, 0.15) is 30.4 Å². The monoisotopic (exact) mass is 661 g/mol. The summed E-state index contributed by atoms with van der Waals surface area (Å²) >= 11 is 8.80. The van der Waals surface area contributed by atoms with Crippen molar-refractivity contribution in [2.45, 2.75) is 50.0 Å². The van der Waals surface area contributed by atoms with Gasteiger partial charge in [-0.1, -0.05) is 12.2 Å². The standard InChI is InChI=1S/C20H25N9O9P2S2/c21-17-15-18(23-6-22-17)28(8-26-15)13-2-1-10(36-13)4-35-40(33,42)38-11-3-14(37-12(11)5-34-39(31,32)41)29-9-27-16-19(29)24-7-25-20(16)30/h6-14H,1-5H2,(H,33,42)(H2,21,22,23)(H,24,25,30)(H2,31,32,41). The van der Waals surface area contributed by atoms with Crippen LogP contribution >= 0.6 is 25.8 Å². The second-order valence-corrected chi connectivity index (χ2v) is 15.0. The number of anilines is 1. The van der Waals surface area contributed by atoms with Crippen LogP contribution in [-0.4, -0.2) is 80.4 Å². The Morgan fingerprint density at radius 2 is 1.79 bits per heavy atom. The summed E-state index contributed by atoms with van der Waals surface area (Å²) in [4.78, 5) is 55.6. The zero-order chi connectivity index (χ0) is 29.6. The van der Waals surface area contributed by atoms with Crippen LogP contribution in [0.4, 0.5) is 5.82 Å². The Labute approximate surface area is 246 Å². The fourth-order valence-corrected chi connectivity index (χ4v) is 6.88. The normalized spacial score (nSPS) is 27.5. The van der Waals surface area contributed by atoms with Gasteiger partial charge in [0.15, 0.2) is 22.6 Å². The molecule has 18 nitrogen and oxygen atoms in total. The van der Waals surface area contributed by atoms with Crippen molar-refractivity contribution in [3.8, 4) is 0 Å². The zero-order valence-electron chi connectivity index (χ0n) is 21.4. The fourth-order valence-electron chi connectivity index (χ4n) is 4.85. The molecule has 4 aromatic heterocycles. The lowest BCUT2D eigenvalue weighted by Gasteiger charge is -2.24. The summed E-state index contributed by atoms with van der Waals surface area (Å²) in [6.45, 7) is -8.50. The van der Waals surface area contributed by atoms with Gasteiger partial charge in [-0.2, -0.15) is 0 Å². The number of thiol groups is 1. The molecule has 0 aromatic carbocycles. The van der Waals surface area contributed by atoms with E-state index in [4.69, 9.17) is 40.6 Å². The van der Waals surface area contributed by atoms with Crippen molar-refractivity contribution in [2.75, 3.05) is 18.9 Å². The van der Waals surface area contributed by atoms with Crippen LogP contribution in [0.3, 0.4) is 0 Å². The van der Waals surface area contributed by atoms with Crippen molar-refractivity contribution in [3.63, 3.8) is 0 Å². The summed E-state index contributed by atoms with van der Waals surface area (Å²) in [5, 5.41) is 0. The molecule has 0 bridgehead atoms. The minimum atomic E-state index is -4.16. The Hall–Kier alpha value is -2.35. The van der Waals surface area contributed by atoms with E-state index >= 15 is 0 Å². The summed E-state index contributed by atoms with van der Waals surface area (Å²) < 4.78 is 43.4. The van der Waals surface area contributed by atoms with E-state index in [9.17, 15) is 19.1 Å². The van der Waals surface area contributed by atoms with E-state index in [0.717, 1.165) is 0 Å². The van der Waals surface area contributed by atoms with Crippen molar-refractivity contribution in [3.05, 3.63) is 35.7 Å². The maximum absolute atomic E-state index is 12.1. The van der Waals surface area contributed by atoms with E-state index in [0.29, 0.717) is 24.0 Å². The van der Waals surface area contributed by atoms with Crippen LogP contribution in [0, 0.1) is 0 Å². The molecule has 5 N–H and O–H groups in total. The first-order chi connectivity index (χ1) is 20.0. The van der Waals surface area contributed by atoms with Gasteiger partial charge in [-0.3, -0.25) is 18.5 Å². The first-order valence-corrected chi connectivity index (χ1v) is 17.8. The number of nitrogens with two attached hydrogens (primary N) is 1. The Morgan fingerprint density at radius 1 is 1.05 bits per heavy atom. The van der Waals surface area contributed by atoms with Crippen LogP contribution < -0.4 is 11.3 Å². The quantitative estimate of drug-likeness (QED) is 0.118. The van der Waals surface area contributed by atoms with Crippen LogP contribution in [0.15, 0.2) is 30.1 Å². The number of nitrogen functional groups attached to an aromatic ring is 1. The van der Waals surface area contributed by atoms with Crippen LogP contribution in [0.25, 0.3) is 22.3 Å². The van der Waals surface area contributed by atoms with Crippen molar-refractivity contribution < 1.29 is 37.4 Å². The maximum Gasteiger partial charge on any atom is 0.383 e. The van der Waals surface area contributed by atoms with Crippen LogP contribution in [0.1, 0.15) is 31.7 Å². The summed E-state index contributed by atoms with van der Waals surface area (Å²) in [6, 6.07) is 0. The molecule has 6 heterocycles. The number of hydrogen-bond acceptors (Lipinski definition) is 14. The molecule has 0 aliphatic carbocycles. The number of hydrogen-bond donors (Lipinski definition) is 5. The van der Waals surface area contributed by atoms with E-state index in [1.54, 1.807) is 10.9 Å². The first kappa shape index (κ1) is 29.7. The molecule has 0 saturated carbocycles. The minimum absolute atomic E-state index is 0.0620. The molecular weight excluding hydrogens is 636 g/mol. The highest BCUT2D eigenvalue weighted by molar-refractivity contribution is 8.44. The number of aromatic amines is 1. The minimum Gasteiger partial charge on any atom is -0.382 e. The number of aromatic nitrogens is 8. The predicted molar refractivity (Wildman–Crippen MR) is 152 cm³/mol. The lowest BCUT2D eigenvalue weighted by Crippen LogP contribution is -2.28. The smallest absolute Gasteiger partial charge is 0.382 e. The van der Waals surface area contributed by atoms with Gasteiger partial charge in [-0.15, -0.1) is 0 Å². The third-order valence-electron chi connectivity index (χ3n) is 6.74. The fraction of sp³-hybridized carbons (Fsp3) is 0.500. The molecule has 7 atom stereocenters. The lowest BCUT2D eigenvalue weighted by molar-refractivity contribution is -0.0408. The lowest BCUT2D eigenvalue weighted by atomic mass is 10.2. The molecule has 7 unspecified atom stereocenters. The van der Waals surface area contributed by atoms with E-state index in [2.05, 4.69) is 42.2 Å². The third-order valence-corrected chi connectivity index (χ3v) is 9.16. The van der Waals surface area contributed by atoms with E-state index < -0.39 is 50.2 Å². The van der Waals surface area contributed by atoms with E-state index in [-0.39, 0.29) is 36.2 Å². The summed E-state index contributed by atoms with van der Waals surface area (Å²) in [7, 11) is 0. The van der Waals surface area contributed by atoms with Gasteiger partial charge in [0.25, 0.3) is 5.56 Å². The van der Waals surface area contributed by atoms with Crippen molar-refractivity contribution in [1.82, 2.24) is 39.0 Å². The molecule has 4 aromatic rings. The molecule has 2 aliphatic heterocycles. The number of fused-ring (bicyclic) bond motifs is 2. The topological polar surface area (TPSA) is 237 Å². The molecule has 2 saturated heterocycles. The molecule has 2 aliphatic rings. The van der Waals surface area contributed by atoms with Crippen molar-refractivity contribution >= 4 is 65.7 Å². The Bertz CT molecular complexity index is 1760. The van der Waals surface area contributed by atoms with Crippen LogP contribution in [0.2, 0.25) is 0 Å². The summed E-state index contributed by atoms with van der Waals surface area (Å²) in [5.41, 5.74) is 6.78. The molecule has 2 fully saturated rings. The van der Waals surface area contributed by atoms with Gasteiger partial charge in [0.05, 0.1) is 44.4 Å². The highest BCUT2D eigenvalue weighted by atomic mass is 32.7. The van der Waals surface area contributed by atoms with E-state index in [1.807, 2.05) is 0 Å². The summed E-state index contributed by atoms with van der Waals surface area (Å²) in [5.74, 6) is 0.263. The third kappa shape index (κ3) is 6.29. The van der Waals surface area contributed by atoms with E-state index in [1.165, 1.54) is 23.5 Å². The number of ether oxygens (including phenoxy) is 2. The number of rotatable bonds is 10. The van der Waals surface area contributed by atoms with Crippen molar-refractivity contribution in [2.24, 2.45) is 0 Å². The highest BCUT2D eigenvalue weighted by Crippen LogP contribution is 2.51. The van der Waals surface area contributed by atoms with Gasteiger partial charge in [-0.25, -0.2) is 29.5 Å². The van der Waals surface area contributed by atoms with Gasteiger partial charge < -0.3 is 39.0 Å². The maximum atomic E-state index is 12.1. The number of imidazole rings is 2. The number of H-pyrrole nitrogens is 1. The van der Waals surface area contributed by atoms with Gasteiger partial charge in [-0.05, 0) is 24.6 Å². The first-order valence-electron chi connectivity index (χ1n) is 12.5. The molecule has 0 amide bonds. The molecular formula is C20H25N9O9P2S2. The average molecular weight is 662 g/mol. The van der Waals surface area contributed by atoms with Gasteiger partial charge in [0, 0.05) is 6.42 Å². The Kier molecular flexibility index (Phi) is 8.22. The molecule has 6 rings (SSSR count). The molecule has 0 radical (unpaired) electrons. The zero-order valence-corrected chi connectivity index (χ0v) is 24.9. The average Bonchev–Trinajstić information content (AvgIpc) is 3.71. The SMILES string of the molecule is Nc1ncnc2c1ncn2C1CCC(COP(O)(=S)OC2CC(n3cnc4c(=O)[nH]cnc43)OC2COP(=O)(O)S)O1. The molecule has 0 spiro atoms. The molecule has 42 heavy (non-hydrogen) atoms. The Morgan fingerprint density at radius 3 is 2.57 bits per heavy atom. The van der Waals surface area contributed by atoms with Gasteiger partial charge >= 0.3 is 13.5 Å². The highest BCUT2D eigenvalue weighted by Gasteiger charge is 2.42. The summed E-state index contributed by atoms with van der Waals surface area (Å²) in [6.07, 6.45) is 3.37. The largest absolute Gasteiger partial charge is 0.383 e. The molecule has 226 valence electrons. The van der Waals surface area contributed by atoms with Crippen molar-refractivity contribution in [1.29, 1.82) is 0 Å². The molecule has 22 heteroatoms. The predicted octanol–water partition coefficient (Wildman–Crippen LogP) is 1.17.